The summed E-state index contributed by atoms with van der Waals surface area (Å²) in [6.45, 7) is 0. The molecule has 0 atom stereocenters. The van der Waals surface area contributed by atoms with Gasteiger partial charge < -0.3 is 4.90 Å². The van der Waals surface area contributed by atoms with Crippen molar-refractivity contribution in [2.45, 2.75) is 0 Å². The number of rotatable bonds is 6. The van der Waals surface area contributed by atoms with Gasteiger partial charge in [-0.25, -0.2) is 0 Å². The number of hydrogen-bond donors (Lipinski definition) is 0. The Hall–Kier alpha value is -7.94. The third-order valence-electron chi connectivity index (χ3n) is 8.02. The summed E-state index contributed by atoms with van der Waals surface area (Å²) < 4.78 is 0. The van der Waals surface area contributed by atoms with E-state index in [1.807, 2.05) is 78.9 Å². The smallest absolute Gasteiger partial charge is 0.101 e. The molecule has 6 aromatic rings. The van der Waals surface area contributed by atoms with Gasteiger partial charge in [0.05, 0.1) is 57.7 Å². The summed E-state index contributed by atoms with van der Waals surface area (Å²) in [6.07, 6.45) is 0. The van der Waals surface area contributed by atoms with Crippen molar-refractivity contribution < 1.29 is 0 Å². The van der Waals surface area contributed by atoms with Crippen molar-refractivity contribution in [3.8, 4) is 69.8 Å². The van der Waals surface area contributed by atoms with Crippen LogP contribution in [-0.2, 0) is 0 Å². The maximum atomic E-state index is 9.51. The van der Waals surface area contributed by atoms with E-state index in [9.17, 15) is 31.6 Å². The molecule has 7 heteroatoms. The summed E-state index contributed by atoms with van der Waals surface area (Å²) in [5.74, 6) is 0. The molecule has 0 saturated carbocycles. The molecule has 0 saturated heterocycles. The van der Waals surface area contributed by atoms with Gasteiger partial charge in [0.1, 0.15) is 12.1 Å². The molecule has 0 heterocycles. The molecule has 0 aliphatic heterocycles. The molecule has 0 radical (unpaired) electrons. The molecule has 7 nitrogen and oxygen atoms in total. The molecule has 0 aliphatic carbocycles. The molecule has 49 heavy (non-hydrogen) atoms. The maximum absolute atomic E-state index is 9.51. The Morgan fingerprint density at radius 2 is 0.612 bits per heavy atom. The SMILES string of the molecule is N#Cc1cc(C#N)cc(-c2ccc(N(c3ccc(-c4cc(C#N)cc(C#N)c4)cc3)c3ccc(-c4ccc(C#N)c(C#N)c4)cc3)cc2)c1. The molecule has 0 spiro atoms. The van der Waals surface area contributed by atoms with E-state index in [1.165, 1.54) is 0 Å². The quantitative estimate of drug-likeness (QED) is 0.180. The van der Waals surface area contributed by atoms with Gasteiger partial charge in [-0.1, -0.05) is 42.5 Å². The van der Waals surface area contributed by atoms with Gasteiger partial charge >= 0.3 is 0 Å². The van der Waals surface area contributed by atoms with Crippen LogP contribution >= 0.6 is 0 Å². The monoisotopic (exact) mass is 623 g/mol. The Balaban J connectivity index is 1.41. The minimum absolute atomic E-state index is 0.315. The largest absolute Gasteiger partial charge is 0.311 e. The lowest BCUT2D eigenvalue weighted by Gasteiger charge is -2.26. The standard InChI is InChI=1S/C42H21N7/c43-22-28-15-29(23-44)18-37(17-28)33-5-11-41(12-6-33)49(40-9-3-32(4-10-40)35-1-2-36(26-47)39(21-35)27-48)42-13-7-34(8-14-42)38-19-30(24-45)16-31(20-38)25-46/h1-21H. The lowest BCUT2D eigenvalue weighted by Crippen LogP contribution is -2.09. The van der Waals surface area contributed by atoms with Gasteiger partial charge in [0.15, 0.2) is 0 Å². The van der Waals surface area contributed by atoms with E-state index < -0.39 is 0 Å². The van der Waals surface area contributed by atoms with Crippen LogP contribution in [0.4, 0.5) is 17.1 Å². The van der Waals surface area contributed by atoms with Crippen LogP contribution in [0.1, 0.15) is 33.4 Å². The lowest BCUT2D eigenvalue weighted by molar-refractivity contribution is 1.28. The number of nitrogens with zero attached hydrogens (tertiary/aromatic N) is 7. The van der Waals surface area contributed by atoms with Crippen LogP contribution in [0.15, 0.2) is 127 Å². The van der Waals surface area contributed by atoms with Crippen LogP contribution in [0.2, 0.25) is 0 Å². The van der Waals surface area contributed by atoms with E-state index in [2.05, 4.69) is 41.3 Å². The van der Waals surface area contributed by atoms with Crippen LogP contribution in [0.25, 0.3) is 33.4 Å². The normalized spacial score (nSPS) is 9.92. The molecule has 0 fully saturated rings. The second kappa shape index (κ2) is 13.6. The number of hydrogen-bond acceptors (Lipinski definition) is 7. The van der Waals surface area contributed by atoms with Crippen molar-refractivity contribution in [3.05, 3.63) is 161 Å². The molecular weight excluding hydrogens is 603 g/mol. The fourth-order valence-corrected chi connectivity index (χ4v) is 5.62. The fourth-order valence-electron chi connectivity index (χ4n) is 5.62. The zero-order chi connectivity index (χ0) is 34.3. The van der Waals surface area contributed by atoms with Gasteiger partial charge in [-0.15, -0.1) is 0 Å². The Bertz CT molecular complexity index is 2300. The molecule has 0 aliphatic rings. The molecule has 6 rings (SSSR count). The molecule has 0 unspecified atom stereocenters. The highest BCUT2D eigenvalue weighted by atomic mass is 15.1. The highest BCUT2D eigenvalue weighted by molar-refractivity contribution is 5.81. The summed E-state index contributed by atoms with van der Waals surface area (Å²) in [4.78, 5) is 2.08. The second-order valence-electron chi connectivity index (χ2n) is 11.0. The highest BCUT2D eigenvalue weighted by Crippen LogP contribution is 2.38. The van der Waals surface area contributed by atoms with Gasteiger partial charge in [0.2, 0.25) is 0 Å². The fraction of sp³-hybridized carbons (Fsp3) is 0. The molecule has 224 valence electrons. The first-order valence-electron chi connectivity index (χ1n) is 14.9. The van der Waals surface area contributed by atoms with Crippen molar-refractivity contribution in [1.29, 1.82) is 31.6 Å². The van der Waals surface area contributed by atoms with Crippen molar-refractivity contribution in [2.75, 3.05) is 4.90 Å². The third-order valence-corrected chi connectivity index (χ3v) is 8.02. The van der Waals surface area contributed by atoms with Crippen LogP contribution < -0.4 is 4.90 Å². The minimum Gasteiger partial charge on any atom is -0.311 e. The zero-order valence-electron chi connectivity index (χ0n) is 25.8. The van der Waals surface area contributed by atoms with Crippen LogP contribution in [0.5, 0.6) is 0 Å². The first-order valence-corrected chi connectivity index (χ1v) is 14.9. The number of nitriles is 6. The highest BCUT2D eigenvalue weighted by Gasteiger charge is 2.15. The van der Waals surface area contributed by atoms with Crippen molar-refractivity contribution >= 4 is 17.1 Å². The van der Waals surface area contributed by atoms with Crippen molar-refractivity contribution in [1.82, 2.24) is 0 Å². The number of anilines is 3. The van der Waals surface area contributed by atoms with E-state index in [-0.39, 0.29) is 0 Å². The maximum Gasteiger partial charge on any atom is 0.101 e. The van der Waals surface area contributed by atoms with Gasteiger partial charge in [-0.2, -0.15) is 31.6 Å². The average molecular weight is 624 g/mol. The van der Waals surface area contributed by atoms with Gasteiger partial charge in [-0.05, 0) is 118 Å². The molecule has 0 aromatic heterocycles. The molecule has 6 aromatic carbocycles. The van der Waals surface area contributed by atoms with Crippen LogP contribution in [-0.4, -0.2) is 0 Å². The number of benzene rings is 6. The first kappa shape index (κ1) is 31.1. The minimum atomic E-state index is 0.315. The summed E-state index contributed by atoms with van der Waals surface area (Å²) in [5.41, 5.74) is 9.75. The predicted molar refractivity (Wildman–Crippen MR) is 186 cm³/mol. The van der Waals surface area contributed by atoms with Crippen molar-refractivity contribution in [2.24, 2.45) is 0 Å². The summed E-state index contributed by atoms with van der Waals surface area (Å²) in [6, 6.07) is 51.5. The molecule has 0 amide bonds. The van der Waals surface area contributed by atoms with Gasteiger partial charge in [-0.3, -0.25) is 0 Å². The Kier molecular flexibility index (Phi) is 8.61. The Morgan fingerprint density at radius 3 is 0.939 bits per heavy atom. The summed E-state index contributed by atoms with van der Waals surface area (Å²) in [7, 11) is 0. The van der Waals surface area contributed by atoms with E-state index >= 15 is 0 Å². The van der Waals surface area contributed by atoms with Crippen LogP contribution in [0, 0.1) is 68.0 Å². The van der Waals surface area contributed by atoms with Gasteiger partial charge in [0.25, 0.3) is 0 Å². The second-order valence-corrected chi connectivity index (χ2v) is 11.0. The molecule has 0 N–H and O–H groups in total. The third kappa shape index (κ3) is 6.42. The van der Waals surface area contributed by atoms with Gasteiger partial charge in [0, 0.05) is 17.1 Å². The zero-order valence-corrected chi connectivity index (χ0v) is 25.8. The molecule has 0 bridgehead atoms. The van der Waals surface area contributed by atoms with E-state index in [4.69, 9.17) is 0 Å². The van der Waals surface area contributed by atoms with Crippen molar-refractivity contribution in [3.63, 3.8) is 0 Å². The van der Waals surface area contributed by atoms with E-state index in [1.54, 1.807) is 48.5 Å². The van der Waals surface area contributed by atoms with E-state index in [0.29, 0.717) is 33.4 Å². The van der Waals surface area contributed by atoms with Crippen LogP contribution in [0.3, 0.4) is 0 Å². The Morgan fingerprint density at radius 1 is 0.286 bits per heavy atom. The topological polar surface area (TPSA) is 146 Å². The first-order chi connectivity index (χ1) is 24.0. The Labute approximate surface area is 283 Å². The van der Waals surface area contributed by atoms with E-state index in [0.717, 1.165) is 50.4 Å². The summed E-state index contributed by atoms with van der Waals surface area (Å²) in [5, 5.41) is 56.7. The average Bonchev–Trinajstić information content (AvgIpc) is 3.18. The molecular formula is C42H21N7. The summed E-state index contributed by atoms with van der Waals surface area (Å²) >= 11 is 0. The predicted octanol–water partition coefficient (Wildman–Crippen LogP) is 9.39. The lowest BCUT2D eigenvalue weighted by atomic mass is 9.98.